The van der Waals surface area contributed by atoms with Crippen LogP contribution in [0.4, 0.5) is 0 Å². The highest BCUT2D eigenvalue weighted by atomic mass is 35.5. The maximum atomic E-state index is 12.5. The van der Waals surface area contributed by atoms with Gasteiger partial charge in [-0.2, -0.15) is 5.10 Å². The lowest BCUT2D eigenvalue weighted by Gasteiger charge is -2.24. The second-order valence-corrected chi connectivity index (χ2v) is 7.14. The molecular weight excluding hydrogens is 378 g/mol. The van der Waals surface area contributed by atoms with Crippen LogP contribution >= 0.6 is 11.6 Å². The molecule has 8 heteroatoms. The lowest BCUT2D eigenvalue weighted by molar-refractivity contribution is 0.0796. The molecule has 0 spiro atoms. The monoisotopic (exact) mass is 397 g/mol. The molecule has 1 aliphatic heterocycles. The van der Waals surface area contributed by atoms with E-state index in [1.807, 2.05) is 24.3 Å². The van der Waals surface area contributed by atoms with Crippen molar-refractivity contribution in [2.24, 2.45) is 0 Å². The fraction of sp³-hybridized carbons (Fsp3) is 0.300. The number of aliphatic hydroxyl groups is 1. The lowest BCUT2D eigenvalue weighted by atomic mass is 9.89. The van der Waals surface area contributed by atoms with Crippen LogP contribution in [0.3, 0.4) is 0 Å². The van der Waals surface area contributed by atoms with E-state index in [0.717, 1.165) is 42.8 Å². The van der Waals surface area contributed by atoms with E-state index >= 15 is 0 Å². The van der Waals surface area contributed by atoms with Crippen LogP contribution in [0.2, 0.25) is 5.02 Å². The maximum Gasteiger partial charge on any atom is 0.272 e. The summed E-state index contributed by atoms with van der Waals surface area (Å²) in [6.07, 6.45) is 4.89. The Morgan fingerprint density at radius 3 is 2.79 bits per heavy atom. The first-order valence-electron chi connectivity index (χ1n) is 9.19. The second kappa shape index (κ2) is 8.18. The molecular formula is C20H20ClN5O2. The number of benzene rings is 1. The van der Waals surface area contributed by atoms with Gasteiger partial charge in [-0.05, 0) is 44.1 Å². The van der Waals surface area contributed by atoms with Crippen LogP contribution < -0.4 is 5.32 Å². The van der Waals surface area contributed by atoms with Gasteiger partial charge in [0.15, 0.2) is 0 Å². The van der Waals surface area contributed by atoms with Crippen molar-refractivity contribution in [3.63, 3.8) is 0 Å². The first kappa shape index (κ1) is 18.7. The number of nitrogens with one attached hydrogen (secondary N) is 1. The van der Waals surface area contributed by atoms with E-state index < -0.39 is 12.5 Å². The standard InChI is InChI=1S/C20H20ClN5O2/c21-15-3-1-2-14(10-15)19-18(16-6-9-23-12-24-16)20(13-4-7-22-8-5-13)26(25-19)17(28)11-27/h1-3,6,9-10,12-13,22,27H,4-5,7-8,11H2. The van der Waals surface area contributed by atoms with Gasteiger partial charge in [0, 0.05) is 22.7 Å². The summed E-state index contributed by atoms with van der Waals surface area (Å²) in [5, 5.41) is 18.1. The molecule has 1 aromatic carbocycles. The van der Waals surface area contributed by atoms with Crippen molar-refractivity contribution in [2.45, 2.75) is 18.8 Å². The van der Waals surface area contributed by atoms with Gasteiger partial charge in [0.2, 0.25) is 0 Å². The predicted octanol–water partition coefficient (Wildman–Crippen LogP) is 2.76. The summed E-state index contributed by atoms with van der Waals surface area (Å²) in [6.45, 7) is 1.11. The molecule has 2 N–H and O–H groups in total. The summed E-state index contributed by atoms with van der Waals surface area (Å²) >= 11 is 6.20. The number of nitrogens with zero attached hydrogens (tertiary/aromatic N) is 4. The molecule has 3 heterocycles. The smallest absolute Gasteiger partial charge is 0.272 e. The summed E-state index contributed by atoms with van der Waals surface area (Å²) < 4.78 is 1.35. The van der Waals surface area contributed by atoms with Gasteiger partial charge in [-0.1, -0.05) is 23.7 Å². The van der Waals surface area contributed by atoms with Crippen LogP contribution in [0.25, 0.3) is 22.5 Å². The molecule has 3 aromatic rings. The average molecular weight is 398 g/mol. The third kappa shape index (κ3) is 3.56. The third-order valence-corrected chi connectivity index (χ3v) is 5.19. The average Bonchev–Trinajstić information content (AvgIpc) is 3.15. The number of hydrogen-bond donors (Lipinski definition) is 2. The molecule has 144 valence electrons. The number of carbonyl (C=O) groups excluding carboxylic acids is 1. The molecule has 1 saturated heterocycles. The Labute approximate surface area is 167 Å². The van der Waals surface area contributed by atoms with Crippen molar-refractivity contribution < 1.29 is 9.90 Å². The van der Waals surface area contributed by atoms with Gasteiger partial charge in [0.25, 0.3) is 5.91 Å². The molecule has 0 unspecified atom stereocenters. The fourth-order valence-electron chi connectivity index (χ4n) is 3.69. The molecule has 2 aromatic heterocycles. The molecule has 1 aliphatic rings. The second-order valence-electron chi connectivity index (χ2n) is 6.70. The summed E-state index contributed by atoms with van der Waals surface area (Å²) in [6, 6.07) is 9.16. The molecule has 0 aliphatic carbocycles. The van der Waals surface area contributed by atoms with E-state index in [9.17, 15) is 9.90 Å². The SMILES string of the molecule is O=C(CO)n1nc(-c2cccc(Cl)c2)c(-c2ccncn2)c1C1CCNCC1. The molecule has 0 bridgehead atoms. The van der Waals surface area contributed by atoms with Crippen LogP contribution in [-0.4, -0.2) is 50.5 Å². The third-order valence-electron chi connectivity index (χ3n) is 4.95. The summed E-state index contributed by atoms with van der Waals surface area (Å²) in [5.74, 6) is -0.334. The minimum absolute atomic E-state index is 0.127. The van der Waals surface area contributed by atoms with Crippen LogP contribution in [0, 0.1) is 0 Å². The number of piperidine rings is 1. The topological polar surface area (TPSA) is 92.9 Å². The number of aromatic nitrogens is 4. The highest BCUT2D eigenvalue weighted by Crippen LogP contribution is 2.40. The Morgan fingerprint density at radius 1 is 1.29 bits per heavy atom. The normalized spacial score (nSPS) is 14.9. The number of rotatable bonds is 4. The van der Waals surface area contributed by atoms with Gasteiger partial charge in [0.1, 0.15) is 18.6 Å². The number of halogens is 1. The zero-order valence-corrected chi connectivity index (χ0v) is 15.9. The van der Waals surface area contributed by atoms with Gasteiger partial charge < -0.3 is 10.4 Å². The van der Waals surface area contributed by atoms with Crippen molar-refractivity contribution in [1.82, 2.24) is 25.1 Å². The largest absolute Gasteiger partial charge is 0.386 e. The number of carbonyl (C=O) groups is 1. The number of hydrogen-bond acceptors (Lipinski definition) is 6. The van der Waals surface area contributed by atoms with Crippen molar-refractivity contribution in [3.05, 3.63) is 53.6 Å². The van der Waals surface area contributed by atoms with Crippen LogP contribution in [0.15, 0.2) is 42.9 Å². The fourth-order valence-corrected chi connectivity index (χ4v) is 3.88. The maximum absolute atomic E-state index is 12.5. The molecule has 4 rings (SSSR count). The zero-order chi connectivity index (χ0) is 19.5. The summed E-state index contributed by atoms with van der Waals surface area (Å²) in [7, 11) is 0. The zero-order valence-electron chi connectivity index (χ0n) is 15.2. The summed E-state index contributed by atoms with van der Waals surface area (Å²) in [4.78, 5) is 21.0. The quantitative estimate of drug-likeness (QED) is 0.703. The Hall–Kier alpha value is -2.61. The van der Waals surface area contributed by atoms with Crippen molar-refractivity contribution in [3.8, 4) is 22.5 Å². The molecule has 0 radical (unpaired) electrons. The van der Waals surface area contributed by atoms with Crippen molar-refractivity contribution in [1.29, 1.82) is 0 Å². The molecule has 0 amide bonds. The van der Waals surface area contributed by atoms with Gasteiger partial charge >= 0.3 is 0 Å². The first-order chi connectivity index (χ1) is 13.7. The molecule has 7 nitrogen and oxygen atoms in total. The van der Waals surface area contributed by atoms with Crippen molar-refractivity contribution in [2.75, 3.05) is 19.7 Å². The van der Waals surface area contributed by atoms with E-state index in [-0.39, 0.29) is 5.92 Å². The van der Waals surface area contributed by atoms with Crippen LogP contribution in [0.5, 0.6) is 0 Å². The number of aliphatic hydroxyl groups excluding tert-OH is 1. The molecule has 1 fully saturated rings. The van der Waals surface area contributed by atoms with E-state index in [1.54, 1.807) is 12.3 Å². The van der Waals surface area contributed by atoms with Crippen LogP contribution in [-0.2, 0) is 0 Å². The summed E-state index contributed by atoms with van der Waals surface area (Å²) in [5.41, 5.74) is 3.68. The van der Waals surface area contributed by atoms with Crippen LogP contribution in [0.1, 0.15) is 29.2 Å². The highest BCUT2D eigenvalue weighted by Gasteiger charge is 2.30. The van der Waals surface area contributed by atoms with Gasteiger partial charge in [0.05, 0.1) is 17.0 Å². The van der Waals surface area contributed by atoms with E-state index in [4.69, 9.17) is 11.6 Å². The van der Waals surface area contributed by atoms with E-state index in [1.165, 1.54) is 11.0 Å². The van der Waals surface area contributed by atoms with Gasteiger partial charge in [-0.3, -0.25) is 4.79 Å². The van der Waals surface area contributed by atoms with Gasteiger partial charge in [-0.15, -0.1) is 0 Å². The Kier molecular flexibility index (Phi) is 5.47. The molecule has 0 saturated carbocycles. The molecule has 28 heavy (non-hydrogen) atoms. The van der Waals surface area contributed by atoms with E-state index in [2.05, 4.69) is 20.4 Å². The molecule has 0 atom stereocenters. The predicted molar refractivity (Wildman–Crippen MR) is 106 cm³/mol. The van der Waals surface area contributed by atoms with E-state index in [0.29, 0.717) is 16.4 Å². The Bertz CT molecular complexity index is 984. The minimum atomic E-state index is -0.613. The Balaban J connectivity index is 2.00. The Morgan fingerprint density at radius 2 is 2.11 bits per heavy atom. The first-order valence-corrected chi connectivity index (χ1v) is 9.57. The van der Waals surface area contributed by atoms with Crippen molar-refractivity contribution >= 4 is 17.5 Å². The highest BCUT2D eigenvalue weighted by molar-refractivity contribution is 6.30. The lowest BCUT2D eigenvalue weighted by Crippen LogP contribution is -2.29. The van der Waals surface area contributed by atoms with Gasteiger partial charge in [-0.25, -0.2) is 14.6 Å². The minimum Gasteiger partial charge on any atom is -0.386 e.